The standard InChI is InChI=1S/C13H10N4/c14-17-12-8-4-3-7-11(12)16-10-6-2-1-5-9(10)15-13(16)17/h1-8H,14H2. The first-order valence-corrected chi connectivity index (χ1v) is 5.48. The van der Waals surface area contributed by atoms with E-state index < -0.39 is 0 Å². The summed E-state index contributed by atoms with van der Waals surface area (Å²) in [4.78, 5) is 4.55. The molecule has 17 heavy (non-hydrogen) atoms. The van der Waals surface area contributed by atoms with Crippen LogP contribution in [-0.2, 0) is 0 Å². The lowest BCUT2D eigenvalue weighted by molar-refractivity contribution is 1.06. The molecule has 2 heterocycles. The summed E-state index contributed by atoms with van der Waals surface area (Å²) in [6.07, 6.45) is 0. The van der Waals surface area contributed by atoms with E-state index in [-0.39, 0.29) is 0 Å². The van der Waals surface area contributed by atoms with Crippen LogP contribution in [0.1, 0.15) is 0 Å². The van der Waals surface area contributed by atoms with Gasteiger partial charge in [-0.1, -0.05) is 24.3 Å². The average molecular weight is 222 g/mol. The maximum atomic E-state index is 6.07. The molecule has 4 nitrogen and oxygen atoms in total. The minimum absolute atomic E-state index is 0.771. The summed E-state index contributed by atoms with van der Waals surface area (Å²) in [6, 6.07) is 16.1. The van der Waals surface area contributed by atoms with Crippen molar-refractivity contribution in [1.82, 2.24) is 14.1 Å². The van der Waals surface area contributed by atoms with Crippen molar-refractivity contribution < 1.29 is 0 Å². The molecule has 0 radical (unpaired) electrons. The molecule has 0 saturated heterocycles. The highest BCUT2D eigenvalue weighted by Crippen LogP contribution is 2.23. The van der Waals surface area contributed by atoms with Gasteiger partial charge in [-0.05, 0) is 24.3 Å². The van der Waals surface area contributed by atoms with Gasteiger partial charge in [0, 0.05) is 0 Å². The molecular formula is C13H10N4. The molecule has 0 unspecified atom stereocenters. The smallest absolute Gasteiger partial charge is 0.234 e. The summed E-state index contributed by atoms with van der Waals surface area (Å²) in [5.74, 6) is 6.84. The van der Waals surface area contributed by atoms with Crippen molar-refractivity contribution in [3.63, 3.8) is 0 Å². The monoisotopic (exact) mass is 222 g/mol. The average Bonchev–Trinajstić information content (AvgIpc) is 2.88. The van der Waals surface area contributed by atoms with Crippen molar-refractivity contribution in [1.29, 1.82) is 0 Å². The number of nitrogens with zero attached hydrogens (tertiary/aromatic N) is 3. The molecule has 0 atom stereocenters. The van der Waals surface area contributed by atoms with Crippen LogP contribution in [0, 0.1) is 0 Å². The molecule has 0 bridgehead atoms. The van der Waals surface area contributed by atoms with Crippen molar-refractivity contribution in [3.05, 3.63) is 48.5 Å². The number of nitrogens with two attached hydrogens (primary N) is 1. The third-order valence-electron chi connectivity index (χ3n) is 3.14. The molecule has 0 spiro atoms. The first kappa shape index (κ1) is 8.64. The van der Waals surface area contributed by atoms with E-state index in [2.05, 4.69) is 21.5 Å². The molecule has 0 fully saturated rings. The topological polar surface area (TPSA) is 48.2 Å². The minimum atomic E-state index is 0.771. The molecule has 4 aromatic rings. The van der Waals surface area contributed by atoms with E-state index in [0.29, 0.717) is 0 Å². The van der Waals surface area contributed by atoms with Crippen molar-refractivity contribution in [2.24, 2.45) is 0 Å². The van der Waals surface area contributed by atoms with E-state index >= 15 is 0 Å². The first-order chi connectivity index (χ1) is 8.36. The Morgan fingerprint density at radius 2 is 1.47 bits per heavy atom. The third kappa shape index (κ3) is 0.945. The molecule has 2 N–H and O–H groups in total. The minimum Gasteiger partial charge on any atom is -0.336 e. The predicted octanol–water partition coefficient (Wildman–Crippen LogP) is 2.16. The number of nitrogen functional groups attached to an aromatic ring is 1. The van der Waals surface area contributed by atoms with Crippen molar-refractivity contribution in [3.8, 4) is 0 Å². The van der Waals surface area contributed by atoms with Gasteiger partial charge in [-0.25, -0.2) is 9.66 Å². The molecular weight excluding hydrogens is 212 g/mol. The predicted molar refractivity (Wildman–Crippen MR) is 68.3 cm³/mol. The molecule has 4 heteroatoms. The SMILES string of the molecule is Nn1c2ccccc2n2c3ccccc3nc12. The van der Waals surface area contributed by atoms with Gasteiger partial charge in [0.05, 0.1) is 22.1 Å². The zero-order valence-electron chi connectivity index (χ0n) is 9.04. The van der Waals surface area contributed by atoms with Gasteiger partial charge in [-0.3, -0.25) is 4.40 Å². The lowest BCUT2D eigenvalue weighted by Crippen LogP contribution is -2.07. The van der Waals surface area contributed by atoms with E-state index in [4.69, 9.17) is 5.84 Å². The van der Waals surface area contributed by atoms with Crippen molar-refractivity contribution in [2.45, 2.75) is 0 Å². The van der Waals surface area contributed by atoms with Crippen LogP contribution in [0.25, 0.3) is 27.8 Å². The summed E-state index contributed by atoms with van der Waals surface area (Å²) in [6.45, 7) is 0. The van der Waals surface area contributed by atoms with E-state index in [1.165, 1.54) is 0 Å². The molecule has 2 aromatic carbocycles. The van der Waals surface area contributed by atoms with Gasteiger partial charge < -0.3 is 5.84 Å². The number of imidazole rings is 2. The summed E-state index contributed by atoms with van der Waals surface area (Å²) in [5, 5.41) is 0. The summed E-state index contributed by atoms with van der Waals surface area (Å²) >= 11 is 0. The van der Waals surface area contributed by atoms with Crippen LogP contribution in [0.5, 0.6) is 0 Å². The maximum Gasteiger partial charge on any atom is 0.234 e. The molecule has 0 saturated carbocycles. The number of rotatable bonds is 0. The lowest BCUT2D eigenvalue weighted by atomic mass is 10.3. The highest BCUT2D eigenvalue weighted by molar-refractivity contribution is 5.90. The largest absolute Gasteiger partial charge is 0.336 e. The number of para-hydroxylation sites is 4. The molecule has 4 rings (SSSR count). The van der Waals surface area contributed by atoms with Crippen molar-refractivity contribution >= 4 is 27.8 Å². The molecule has 0 aliphatic rings. The molecule has 82 valence electrons. The fourth-order valence-electron chi connectivity index (χ4n) is 2.38. The Hall–Kier alpha value is -2.49. The van der Waals surface area contributed by atoms with E-state index in [9.17, 15) is 0 Å². The van der Waals surface area contributed by atoms with Crippen LogP contribution < -0.4 is 5.84 Å². The van der Waals surface area contributed by atoms with Gasteiger partial charge in [0.2, 0.25) is 5.78 Å². The van der Waals surface area contributed by atoms with Gasteiger partial charge in [-0.2, -0.15) is 0 Å². The summed E-state index contributed by atoms with van der Waals surface area (Å²) in [7, 11) is 0. The Bertz CT molecular complexity index is 854. The Morgan fingerprint density at radius 3 is 2.29 bits per heavy atom. The van der Waals surface area contributed by atoms with Crippen LogP contribution in [0.2, 0.25) is 0 Å². The first-order valence-electron chi connectivity index (χ1n) is 5.48. The fourth-order valence-corrected chi connectivity index (χ4v) is 2.38. The second-order valence-electron chi connectivity index (χ2n) is 4.09. The quantitative estimate of drug-likeness (QED) is 0.463. The van der Waals surface area contributed by atoms with E-state index in [1.807, 2.05) is 36.4 Å². The Balaban J connectivity index is 2.41. The maximum absolute atomic E-state index is 6.07. The van der Waals surface area contributed by atoms with Crippen molar-refractivity contribution in [2.75, 3.05) is 5.84 Å². The number of fused-ring (bicyclic) bond motifs is 5. The van der Waals surface area contributed by atoms with Crippen LogP contribution in [0.3, 0.4) is 0 Å². The zero-order valence-corrected chi connectivity index (χ0v) is 9.04. The Labute approximate surface area is 96.9 Å². The molecule has 2 aromatic heterocycles. The number of benzene rings is 2. The van der Waals surface area contributed by atoms with Gasteiger partial charge in [-0.15, -0.1) is 0 Å². The van der Waals surface area contributed by atoms with Gasteiger partial charge in [0.1, 0.15) is 0 Å². The summed E-state index contributed by atoms with van der Waals surface area (Å²) < 4.78 is 3.72. The number of hydrogen-bond acceptors (Lipinski definition) is 2. The highest BCUT2D eigenvalue weighted by Gasteiger charge is 2.12. The Morgan fingerprint density at radius 1 is 0.824 bits per heavy atom. The van der Waals surface area contributed by atoms with Crippen LogP contribution in [0.4, 0.5) is 0 Å². The highest BCUT2D eigenvalue weighted by atomic mass is 15.4. The van der Waals surface area contributed by atoms with E-state index in [0.717, 1.165) is 27.8 Å². The second kappa shape index (κ2) is 2.79. The van der Waals surface area contributed by atoms with Gasteiger partial charge in [0.25, 0.3) is 0 Å². The third-order valence-corrected chi connectivity index (χ3v) is 3.14. The molecule has 0 aliphatic heterocycles. The molecule has 0 aliphatic carbocycles. The number of hydrogen-bond donors (Lipinski definition) is 1. The van der Waals surface area contributed by atoms with Crippen LogP contribution in [-0.4, -0.2) is 14.1 Å². The molecule has 0 amide bonds. The second-order valence-corrected chi connectivity index (χ2v) is 4.09. The normalized spacial score (nSPS) is 11.8. The van der Waals surface area contributed by atoms with Crippen LogP contribution in [0.15, 0.2) is 48.5 Å². The summed E-state index contributed by atoms with van der Waals surface area (Å²) in [5.41, 5.74) is 4.12. The van der Waals surface area contributed by atoms with Crippen LogP contribution >= 0.6 is 0 Å². The number of aromatic nitrogens is 3. The Kier molecular flexibility index (Phi) is 1.42. The van der Waals surface area contributed by atoms with Gasteiger partial charge in [0.15, 0.2) is 0 Å². The van der Waals surface area contributed by atoms with E-state index in [1.54, 1.807) is 4.68 Å². The zero-order chi connectivity index (χ0) is 11.4. The lowest BCUT2D eigenvalue weighted by Gasteiger charge is -1.94. The van der Waals surface area contributed by atoms with Gasteiger partial charge >= 0.3 is 0 Å². The fraction of sp³-hybridized carbons (Fsp3) is 0.